The first-order valence-corrected chi connectivity index (χ1v) is 7.89. The van der Waals surface area contributed by atoms with Gasteiger partial charge in [0.15, 0.2) is 0 Å². The first-order valence-electron chi connectivity index (χ1n) is 6.03. The van der Waals surface area contributed by atoms with Crippen LogP contribution >= 0.6 is 11.6 Å². The summed E-state index contributed by atoms with van der Waals surface area (Å²) >= 11 is 5.87. The number of rotatable bonds is 5. The zero-order valence-electron chi connectivity index (χ0n) is 11.4. The van der Waals surface area contributed by atoms with Crippen LogP contribution in [0.5, 0.6) is 5.75 Å². The SMILES string of the molecule is COc1ccc(NS(=O)(=O)c2cc(C(=O)O)ccc2Cl)cc1. The molecule has 0 aliphatic carbocycles. The summed E-state index contributed by atoms with van der Waals surface area (Å²) in [5.41, 5.74) is 0.136. The Morgan fingerprint density at radius 3 is 2.36 bits per heavy atom. The van der Waals surface area contributed by atoms with Crippen LogP contribution in [-0.2, 0) is 10.0 Å². The summed E-state index contributed by atoms with van der Waals surface area (Å²) < 4.78 is 32.0. The monoisotopic (exact) mass is 341 g/mol. The van der Waals surface area contributed by atoms with Crippen molar-refractivity contribution in [2.24, 2.45) is 0 Å². The van der Waals surface area contributed by atoms with Gasteiger partial charge in [-0.25, -0.2) is 13.2 Å². The predicted octanol–water partition coefficient (Wildman–Crippen LogP) is 2.85. The lowest BCUT2D eigenvalue weighted by atomic mass is 10.2. The van der Waals surface area contributed by atoms with Crippen molar-refractivity contribution in [2.45, 2.75) is 4.90 Å². The molecule has 0 spiro atoms. The molecule has 2 aromatic rings. The topological polar surface area (TPSA) is 92.7 Å². The van der Waals surface area contributed by atoms with E-state index in [1.54, 1.807) is 12.1 Å². The van der Waals surface area contributed by atoms with E-state index in [1.807, 2.05) is 0 Å². The van der Waals surface area contributed by atoms with Crippen LogP contribution in [-0.4, -0.2) is 26.6 Å². The zero-order chi connectivity index (χ0) is 16.3. The maximum absolute atomic E-state index is 12.3. The maximum atomic E-state index is 12.3. The van der Waals surface area contributed by atoms with Crippen LogP contribution in [0.3, 0.4) is 0 Å². The molecule has 2 aromatic carbocycles. The van der Waals surface area contributed by atoms with Crippen molar-refractivity contribution in [1.82, 2.24) is 0 Å². The molecule has 0 saturated carbocycles. The number of carboxylic acid groups (broad SMARTS) is 1. The second-order valence-electron chi connectivity index (χ2n) is 4.28. The van der Waals surface area contributed by atoms with Gasteiger partial charge >= 0.3 is 5.97 Å². The van der Waals surface area contributed by atoms with Gasteiger partial charge in [0.2, 0.25) is 0 Å². The van der Waals surface area contributed by atoms with Crippen LogP contribution in [0, 0.1) is 0 Å². The summed E-state index contributed by atoms with van der Waals surface area (Å²) in [5.74, 6) is -0.661. The second kappa shape index (κ2) is 6.25. The summed E-state index contributed by atoms with van der Waals surface area (Å²) in [6.45, 7) is 0. The Balaban J connectivity index is 2.37. The van der Waals surface area contributed by atoms with Crippen molar-refractivity contribution in [1.29, 1.82) is 0 Å². The smallest absolute Gasteiger partial charge is 0.335 e. The van der Waals surface area contributed by atoms with Crippen LogP contribution in [0.15, 0.2) is 47.4 Å². The van der Waals surface area contributed by atoms with Crippen LogP contribution in [0.1, 0.15) is 10.4 Å². The number of hydrogen-bond acceptors (Lipinski definition) is 4. The van der Waals surface area contributed by atoms with Crippen LogP contribution in [0.4, 0.5) is 5.69 Å². The molecule has 0 atom stereocenters. The van der Waals surface area contributed by atoms with E-state index >= 15 is 0 Å². The Morgan fingerprint density at radius 1 is 1.18 bits per heavy atom. The number of hydrogen-bond donors (Lipinski definition) is 2. The molecule has 116 valence electrons. The van der Waals surface area contributed by atoms with Crippen LogP contribution < -0.4 is 9.46 Å². The van der Waals surface area contributed by atoms with Crippen molar-refractivity contribution in [3.05, 3.63) is 53.1 Å². The number of ether oxygens (including phenoxy) is 1. The highest BCUT2D eigenvalue weighted by Crippen LogP contribution is 2.25. The van der Waals surface area contributed by atoms with Crippen molar-refractivity contribution < 1.29 is 23.1 Å². The number of nitrogens with one attached hydrogen (secondary N) is 1. The fraction of sp³-hybridized carbons (Fsp3) is 0.0714. The molecule has 0 bridgehead atoms. The predicted molar refractivity (Wildman–Crippen MR) is 82.2 cm³/mol. The van der Waals surface area contributed by atoms with Crippen molar-refractivity contribution in [2.75, 3.05) is 11.8 Å². The summed E-state index contributed by atoms with van der Waals surface area (Å²) in [7, 11) is -2.51. The molecule has 22 heavy (non-hydrogen) atoms. The molecule has 0 fully saturated rings. The van der Waals surface area contributed by atoms with Gasteiger partial charge in [-0.05, 0) is 42.5 Å². The van der Waals surface area contributed by atoms with Crippen LogP contribution in [0.2, 0.25) is 5.02 Å². The fourth-order valence-electron chi connectivity index (χ4n) is 1.71. The molecule has 0 aliphatic heterocycles. The normalized spacial score (nSPS) is 11.0. The summed E-state index contributed by atoms with van der Waals surface area (Å²) in [4.78, 5) is 10.6. The Kier molecular flexibility index (Phi) is 4.58. The summed E-state index contributed by atoms with van der Waals surface area (Å²) in [6.07, 6.45) is 0. The van der Waals surface area contributed by atoms with Gasteiger partial charge in [0.05, 0.1) is 17.7 Å². The van der Waals surface area contributed by atoms with Gasteiger partial charge in [-0.15, -0.1) is 0 Å². The molecular weight excluding hydrogens is 330 g/mol. The average molecular weight is 342 g/mol. The van der Waals surface area contributed by atoms with Crippen molar-refractivity contribution in [3.8, 4) is 5.75 Å². The zero-order valence-corrected chi connectivity index (χ0v) is 13.0. The molecule has 0 amide bonds. The first kappa shape index (κ1) is 16.1. The van der Waals surface area contributed by atoms with Crippen molar-refractivity contribution >= 4 is 33.3 Å². The molecule has 6 nitrogen and oxygen atoms in total. The van der Waals surface area contributed by atoms with E-state index in [9.17, 15) is 13.2 Å². The minimum atomic E-state index is -4.01. The van der Waals surface area contributed by atoms with Crippen molar-refractivity contribution in [3.63, 3.8) is 0 Å². The third-order valence-corrected chi connectivity index (χ3v) is 4.67. The van der Waals surface area contributed by atoms with Crippen LogP contribution in [0.25, 0.3) is 0 Å². The molecule has 0 unspecified atom stereocenters. The lowest BCUT2D eigenvalue weighted by Crippen LogP contribution is -2.14. The number of carbonyl (C=O) groups is 1. The van der Waals surface area contributed by atoms with Gasteiger partial charge in [-0.1, -0.05) is 11.6 Å². The number of carboxylic acids is 1. The number of benzene rings is 2. The van der Waals surface area contributed by atoms with Gasteiger partial charge in [0, 0.05) is 5.69 Å². The van der Waals surface area contributed by atoms with E-state index in [2.05, 4.69) is 4.72 Å². The lowest BCUT2D eigenvalue weighted by molar-refractivity contribution is 0.0696. The number of anilines is 1. The Labute approximate surface area is 132 Å². The van der Waals surface area contributed by atoms with Gasteiger partial charge in [0.25, 0.3) is 10.0 Å². The third kappa shape index (κ3) is 3.49. The largest absolute Gasteiger partial charge is 0.497 e. The average Bonchev–Trinajstić information content (AvgIpc) is 2.47. The van der Waals surface area contributed by atoms with E-state index in [0.717, 1.165) is 6.07 Å². The molecule has 2 rings (SSSR count). The van der Waals surface area contributed by atoms with E-state index in [0.29, 0.717) is 11.4 Å². The maximum Gasteiger partial charge on any atom is 0.335 e. The Hall–Kier alpha value is -2.25. The Bertz CT molecular complexity index is 802. The van der Waals surface area contributed by atoms with Gasteiger partial charge in [0.1, 0.15) is 10.6 Å². The Morgan fingerprint density at radius 2 is 1.82 bits per heavy atom. The number of sulfonamides is 1. The van der Waals surface area contributed by atoms with E-state index in [4.69, 9.17) is 21.4 Å². The number of aromatic carboxylic acids is 1. The minimum absolute atomic E-state index is 0.0639. The number of methoxy groups -OCH3 is 1. The van der Waals surface area contributed by atoms with E-state index in [-0.39, 0.29) is 15.5 Å². The molecule has 0 aliphatic rings. The third-order valence-electron chi connectivity index (χ3n) is 2.81. The first-order chi connectivity index (χ1) is 10.3. The standard InChI is InChI=1S/C14H12ClNO5S/c1-21-11-5-3-10(4-6-11)16-22(19,20)13-8-9(14(17)18)2-7-12(13)15/h2-8,16H,1H3,(H,17,18). The van der Waals surface area contributed by atoms with E-state index < -0.39 is 16.0 Å². The molecule has 8 heteroatoms. The quantitative estimate of drug-likeness (QED) is 0.872. The highest BCUT2D eigenvalue weighted by Gasteiger charge is 2.20. The second-order valence-corrected chi connectivity index (χ2v) is 6.34. The molecule has 0 saturated heterocycles. The molecule has 2 N–H and O–H groups in total. The van der Waals surface area contributed by atoms with Gasteiger partial charge in [-0.3, -0.25) is 4.72 Å². The molecule has 0 aromatic heterocycles. The molecule has 0 radical (unpaired) electrons. The van der Waals surface area contributed by atoms with Gasteiger partial charge < -0.3 is 9.84 Å². The summed E-state index contributed by atoms with van der Waals surface area (Å²) in [6, 6.07) is 9.69. The lowest BCUT2D eigenvalue weighted by Gasteiger charge is -2.10. The fourth-order valence-corrected chi connectivity index (χ4v) is 3.30. The van der Waals surface area contributed by atoms with Gasteiger partial charge in [-0.2, -0.15) is 0 Å². The molecular formula is C14H12ClNO5S. The van der Waals surface area contributed by atoms with E-state index in [1.165, 1.54) is 31.4 Å². The highest BCUT2D eigenvalue weighted by molar-refractivity contribution is 7.92. The minimum Gasteiger partial charge on any atom is -0.497 e. The highest BCUT2D eigenvalue weighted by atomic mass is 35.5. The molecule has 0 heterocycles. The number of halogens is 1. The summed E-state index contributed by atoms with van der Waals surface area (Å²) in [5, 5.41) is 8.88.